The van der Waals surface area contributed by atoms with Crippen LogP contribution >= 0.6 is 15.9 Å². The number of nitrogens with one attached hydrogen (secondary N) is 1. The van der Waals surface area contributed by atoms with E-state index >= 15 is 0 Å². The highest BCUT2D eigenvalue weighted by Gasteiger charge is 2.00. The van der Waals surface area contributed by atoms with Crippen molar-refractivity contribution in [2.45, 2.75) is 26.4 Å². The first-order valence-corrected chi connectivity index (χ1v) is 5.52. The van der Waals surface area contributed by atoms with Gasteiger partial charge in [-0.05, 0) is 31.0 Å². The molecule has 0 heterocycles. The summed E-state index contributed by atoms with van der Waals surface area (Å²) in [7, 11) is 0. The SMILES string of the molecule is Cc1cc(CN[C@@H](C)CO)ccc1Br. The lowest BCUT2D eigenvalue weighted by Gasteiger charge is -2.11. The second-order valence-electron chi connectivity index (χ2n) is 3.55. The van der Waals surface area contributed by atoms with Crippen LogP contribution in [-0.4, -0.2) is 17.8 Å². The molecule has 1 rings (SSSR count). The largest absolute Gasteiger partial charge is 0.395 e. The van der Waals surface area contributed by atoms with Crippen LogP contribution in [0.25, 0.3) is 0 Å². The normalized spacial score (nSPS) is 12.9. The summed E-state index contributed by atoms with van der Waals surface area (Å²) in [6.07, 6.45) is 0. The van der Waals surface area contributed by atoms with Crippen molar-refractivity contribution >= 4 is 15.9 Å². The van der Waals surface area contributed by atoms with Crippen LogP contribution in [0.1, 0.15) is 18.1 Å². The summed E-state index contributed by atoms with van der Waals surface area (Å²) in [4.78, 5) is 0. The van der Waals surface area contributed by atoms with Gasteiger partial charge in [0.1, 0.15) is 0 Å². The molecule has 0 saturated heterocycles. The minimum absolute atomic E-state index is 0.152. The van der Waals surface area contributed by atoms with Crippen LogP contribution in [0.4, 0.5) is 0 Å². The monoisotopic (exact) mass is 257 g/mol. The molecule has 0 spiro atoms. The van der Waals surface area contributed by atoms with E-state index < -0.39 is 0 Å². The zero-order valence-electron chi connectivity index (χ0n) is 8.55. The Morgan fingerprint density at radius 3 is 2.79 bits per heavy atom. The molecule has 0 saturated carbocycles. The van der Waals surface area contributed by atoms with E-state index in [1.54, 1.807) is 0 Å². The molecule has 0 unspecified atom stereocenters. The molecule has 14 heavy (non-hydrogen) atoms. The van der Waals surface area contributed by atoms with Gasteiger partial charge in [0.05, 0.1) is 6.61 Å². The molecule has 1 atom stereocenters. The lowest BCUT2D eigenvalue weighted by Crippen LogP contribution is -2.28. The van der Waals surface area contributed by atoms with E-state index in [1.807, 2.05) is 6.92 Å². The van der Waals surface area contributed by atoms with Gasteiger partial charge in [-0.1, -0.05) is 28.1 Å². The summed E-state index contributed by atoms with van der Waals surface area (Å²) in [5.41, 5.74) is 2.48. The topological polar surface area (TPSA) is 32.3 Å². The van der Waals surface area contributed by atoms with Crippen LogP contribution in [0.3, 0.4) is 0 Å². The van der Waals surface area contributed by atoms with Crippen molar-refractivity contribution in [3.05, 3.63) is 33.8 Å². The summed E-state index contributed by atoms with van der Waals surface area (Å²) in [5.74, 6) is 0. The molecule has 78 valence electrons. The molecule has 0 radical (unpaired) electrons. The van der Waals surface area contributed by atoms with Crippen LogP contribution in [0.5, 0.6) is 0 Å². The Labute approximate surface area is 93.5 Å². The first-order valence-electron chi connectivity index (χ1n) is 4.72. The van der Waals surface area contributed by atoms with Gasteiger partial charge >= 0.3 is 0 Å². The average Bonchev–Trinajstić information content (AvgIpc) is 2.19. The zero-order valence-corrected chi connectivity index (χ0v) is 10.1. The summed E-state index contributed by atoms with van der Waals surface area (Å²) in [6, 6.07) is 6.42. The Hall–Kier alpha value is -0.380. The van der Waals surface area contributed by atoms with Gasteiger partial charge in [0, 0.05) is 17.1 Å². The van der Waals surface area contributed by atoms with Crippen LogP contribution in [0, 0.1) is 6.92 Å². The molecule has 1 aromatic carbocycles. The molecule has 3 heteroatoms. The molecule has 2 N–H and O–H groups in total. The van der Waals surface area contributed by atoms with Crippen molar-refractivity contribution < 1.29 is 5.11 Å². The molecule has 0 aliphatic carbocycles. The van der Waals surface area contributed by atoms with Crippen molar-refractivity contribution in [2.75, 3.05) is 6.61 Å². The predicted octanol–water partition coefficient (Wildman–Crippen LogP) is 2.23. The standard InChI is InChI=1S/C11H16BrNO/c1-8-5-10(3-4-11(8)12)6-13-9(2)7-14/h3-5,9,13-14H,6-7H2,1-2H3/t9-/m0/s1. The van der Waals surface area contributed by atoms with E-state index in [1.165, 1.54) is 11.1 Å². The Kier molecular flexibility index (Phi) is 4.58. The van der Waals surface area contributed by atoms with E-state index in [0.29, 0.717) is 0 Å². The van der Waals surface area contributed by atoms with E-state index in [2.05, 4.69) is 46.4 Å². The number of rotatable bonds is 4. The molecule has 0 aliphatic heterocycles. The van der Waals surface area contributed by atoms with Crippen molar-refractivity contribution in [2.24, 2.45) is 0 Å². The van der Waals surface area contributed by atoms with Crippen molar-refractivity contribution in [3.63, 3.8) is 0 Å². The highest BCUT2D eigenvalue weighted by molar-refractivity contribution is 9.10. The fraction of sp³-hybridized carbons (Fsp3) is 0.455. The van der Waals surface area contributed by atoms with Gasteiger partial charge in [-0.25, -0.2) is 0 Å². The highest BCUT2D eigenvalue weighted by atomic mass is 79.9. The van der Waals surface area contributed by atoms with Crippen molar-refractivity contribution in [3.8, 4) is 0 Å². The third kappa shape index (κ3) is 3.40. The van der Waals surface area contributed by atoms with Crippen LogP contribution < -0.4 is 5.32 Å². The van der Waals surface area contributed by atoms with Crippen LogP contribution in [-0.2, 0) is 6.54 Å². The zero-order chi connectivity index (χ0) is 10.6. The number of aryl methyl sites for hydroxylation is 1. The molecule has 0 aromatic heterocycles. The van der Waals surface area contributed by atoms with Gasteiger partial charge in [0.2, 0.25) is 0 Å². The summed E-state index contributed by atoms with van der Waals surface area (Å²) < 4.78 is 1.14. The number of aliphatic hydroxyl groups excluding tert-OH is 1. The highest BCUT2D eigenvalue weighted by Crippen LogP contribution is 2.16. The third-order valence-electron chi connectivity index (χ3n) is 2.15. The number of benzene rings is 1. The Morgan fingerprint density at radius 2 is 2.21 bits per heavy atom. The molecule has 0 fully saturated rings. The summed E-state index contributed by atoms with van der Waals surface area (Å²) in [5, 5.41) is 12.1. The fourth-order valence-electron chi connectivity index (χ4n) is 1.17. The second kappa shape index (κ2) is 5.49. The molecule has 2 nitrogen and oxygen atoms in total. The number of halogens is 1. The Bertz CT molecular complexity index is 301. The molecule has 1 aromatic rings. The molecule has 0 aliphatic rings. The quantitative estimate of drug-likeness (QED) is 0.868. The molecular weight excluding hydrogens is 242 g/mol. The Balaban J connectivity index is 2.55. The van der Waals surface area contributed by atoms with Crippen molar-refractivity contribution in [1.82, 2.24) is 5.32 Å². The number of hydrogen-bond acceptors (Lipinski definition) is 2. The first kappa shape index (κ1) is 11.7. The smallest absolute Gasteiger partial charge is 0.0582 e. The van der Waals surface area contributed by atoms with Crippen LogP contribution in [0.15, 0.2) is 22.7 Å². The molecule has 0 bridgehead atoms. The second-order valence-corrected chi connectivity index (χ2v) is 4.40. The van der Waals surface area contributed by atoms with Crippen LogP contribution in [0.2, 0.25) is 0 Å². The fourth-order valence-corrected chi connectivity index (χ4v) is 1.42. The van der Waals surface area contributed by atoms with Gasteiger partial charge in [-0.2, -0.15) is 0 Å². The van der Waals surface area contributed by atoms with Crippen molar-refractivity contribution in [1.29, 1.82) is 0 Å². The predicted molar refractivity (Wildman–Crippen MR) is 62.3 cm³/mol. The van der Waals surface area contributed by atoms with E-state index in [4.69, 9.17) is 5.11 Å². The molecule has 0 amide bonds. The van der Waals surface area contributed by atoms with Gasteiger partial charge < -0.3 is 10.4 Å². The number of hydrogen-bond donors (Lipinski definition) is 2. The minimum atomic E-state index is 0.152. The minimum Gasteiger partial charge on any atom is -0.395 e. The van der Waals surface area contributed by atoms with Gasteiger partial charge in [0.25, 0.3) is 0 Å². The summed E-state index contributed by atoms with van der Waals surface area (Å²) >= 11 is 3.46. The lowest BCUT2D eigenvalue weighted by molar-refractivity contribution is 0.251. The maximum Gasteiger partial charge on any atom is 0.0582 e. The summed E-state index contributed by atoms with van der Waals surface area (Å²) in [6.45, 7) is 5.01. The van der Waals surface area contributed by atoms with Gasteiger partial charge in [-0.15, -0.1) is 0 Å². The average molecular weight is 258 g/mol. The van der Waals surface area contributed by atoms with Gasteiger partial charge in [0.15, 0.2) is 0 Å². The third-order valence-corrected chi connectivity index (χ3v) is 3.04. The first-order chi connectivity index (χ1) is 6.63. The maximum atomic E-state index is 8.84. The maximum absolute atomic E-state index is 8.84. The van der Waals surface area contributed by atoms with Gasteiger partial charge in [-0.3, -0.25) is 0 Å². The van der Waals surface area contributed by atoms with E-state index in [0.717, 1.165) is 11.0 Å². The number of aliphatic hydroxyl groups is 1. The molecular formula is C11H16BrNO. The van der Waals surface area contributed by atoms with E-state index in [-0.39, 0.29) is 12.6 Å². The lowest BCUT2D eigenvalue weighted by atomic mass is 10.1. The Morgan fingerprint density at radius 1 is 1.50 bits per heavy atom. The van der Waals surface area contributed by atoms with E-state index in [9.17, 15) is 0 Å².